The maximum absolute atomic E-state index is 13.3. The molecular formula is C44H58N3O3+. The Hall–Kier alpha value is -4.32. The van der Waals surface area contributed by atoms with Gasteiger partial charge in [-0.1, -0.05) is 125 Å². The van der Waals surface area contributed by atoms with Gasteiger partial charge in [-0.15, -0.1) is 0 Å². The number of anilines is 1. The van der Waals surface area contributed by atoms with Crippen molar-refractivity contribution in [1.82, 2.24) is 5.32 Å². The van der Waals surface area contributed by atoms with E-state index in [0.29, 0.717) is 5.70 Å². The van der Waals surface area contributed by atoms with E-state index in [0.717, 1.165) is 22.8 Å². The van der Waals surface area contributed by atoms with Crippen molar-refractivity contribution >= 4 is 34.6 Å². The Morgan fingerprint density at radius 3 is 1.92 bits per heavy atom. The Kier molecular flexibility index (Phi) is 10.6. The van der Waals surface area contributed by atoms with Gasteiger partial charge in [-0.2, -0.15) is 4.58 Å². The Morgan fingerprint density at radius 2 is 1.32 bits per heavy atom. The molecule has 4 rings (SSSR count). The number of para-hydroxylation sites is 2. The minimum absolute atomic E-state index is 0.0980. The summed E-state index contributed by atoms with van der Waals surface area (Å²) in [4.78, 5) is 41.9. The molecule has 0 saturated heterocycles. The van der Waals surface area contributed by atoms with E-state index in [1.54, 1.807) is 0 Å². The molecule has 0 fully saturated rings. The highest BCUT2D eigenvalue weighted by Gasteiger charge is 2.45. The third-order valence-electron chi connectivity index (χ3n) is 9.87. The third-order valence-corrected chi connectivity index (χ3v) is 9.87. The lowest BCUT2D eigenvalue weighted by atomic mass is 9.81. The van der Waals surface area contributed by atoms with Crippen molar-refractivity contribution in [2.24, 2.45) is 16.2 Å². The molecule has 0 saturated carbocycles. The average Bonchev–Trinajstić information content (AvgIpc) is 3.34. The zero-order chi connectivity index (χ0) is 37.4. The van der Waals surface area contributed by atoms with Gasteiger partial charge in [0.15, 0.2) is 11.5 Å². The molecule has 6 heteroatoms. The topological polar surface area (TPSA) is 69.5 Å². The first-order valence-corrected chi connectivity index (χ1v) is 17.7. The first-order chi connectivity index (χ1) is 23.0. The summed E-state index contributed by atoms with van der Waals surface area (Å²) in [7, 11) is 0. The fraction of sp³-hybridized carbons (Fsp3) is 0.455. The van der Waals surface area contributed by atoms with Crippen molar-refractivity contribution in [2.45, 2.75) is 101 Å². The highest BCUT2D eigenvalue weighted by molar-refractivity contribution is 6.04. The minimum Gasteiger partial charge on any atom is -0.337 e. The molecule has 6 nitrogen and oxygen atoms in total. The van der Waals surface area contributed by atoms with Gasteiger partial charge >= 0.3 is 0 Å². The zero-order valence-electron chi connectivity index (χ0n) is 32.6. The van der Waals surface area contributed by atoms with E-state index in [1.807, 2.05) is 111 Å². The van der Waals surface area contributed by atoms with Crippen LogP contribution in [0.15, 0.2) is 96.4 Å². The van der Waals surface area contributed by atoms with Crippen LogP contribution in [-0.4, -0.2) is 40.9 Å². The van der Waals surface area contributed by atoms with E-state index >= 15 is 0 Å². The Balaban J connectivity index is 1.76. The van der Waals surface area contributed by atoms with Crippen LogP contribution in [0.3, 0.4) is 0 Å². The van der Waals surface area contributed by atoms with E-state index in [1.165, 1.54) is 11.1 Å². The summed E-state index contributed by atoms with van der Waals surface area (Å²) < 4.78 is 2.13. The van der Waals surface area contributed by atoms with Crippen molar-refractivity contribution in [2.75, 3.05) is 18.0 Å². The molecule has 1 N–H and O–H groups in total. The average molecular weight is 677 g/mol. The Morgan fingerprint density at radius 1 is 0.740 bits per heavy atom. The number of Topliss-reactive ketones (excluding diaryl/α,β-unsaturated/α-hetero) is 2. The van der Waals surface area contributed by atoms with Crippen LogP contribution in [0.5, 0.6) is 0 Å². The summed E-state index contributed by atoms with van der Waals surface area (Å²) in [5, 5.41) is 3.12. The second-order valence-corrected chi connectivity index (χ2v) is 17.8. The molecule has 2 aromatic carbocycles. The predicted molar refractivity (Wildman–Crippen MR) is 207 cm³/mol. The van der Waals surface area contributed by atoms with Gasteiger partial charge in [0, 0.05) is 56.4 Å². The number of carbonyl (C=O) groups is 3. The molecule has 0 atom stereocenters. The molecule has 2 heterocycles. The maximum atomic E-state index is 13.3. The van der Waals surface area contributed by atoms with Crippen molar-refractivity contribution in [3.8, 4) is 0 Å². The quantitative estimate of drug-likeness (QED) is 0.213. The van der Waals surface area contributed by atoms with Gasteiger partial charge in [-0.05, 0) is 43.7 Å². The van der Waals surface area contributed by atoms with Gasteiger partial charge in [0.2, 0.25) is 23.9 Å². The normalized spacial score (nSPS) is 18.3. The number of carbonyl (C=O) groups excluding carboxylic acids is 3. The smallest absolute Gasteiger partial charge is 0.229 e. The van der Waals surface area contributed by atoms with Crippen molar-refractivity contribution in [3.63, 3.8) is 0 Å². The molecule has 0 aromatic heterocycles. The van der Waals surface area contributed by atoms with Gasteiger partial charge in [-0.25, -0.2) is 0 Å². The molecule has 0 bridgehead atoms. The van der Waals surface area contributed by atoms with E-state index < -0.39 is 16.2 Å². The van der Waals surface area contributed by atoms with E-state index in [9.17, 15) is 14.4 Å². The van der Waals surface area contributed by atoms with Crippen molar-refractivity contribution in [1.29, 1.82) is 0 Å². The molecule has 0 radical (unpaired) electrons. The largest absolute Gasteiger partial charge is 0.337 e. The van der Waals surface area contributed by atoms with Crippen LogP contribution in [0.1, 0.15) is 101 Å². The van der Waals surface area contributed by atoms with E-state index in [4.69, 9.17) is 0 Å². The van der Waals surface area contributed by atoms with Gasteiger partial charge in [0.1, 0.15) is 0 Å². The van der Waals surface area contributed by atoms with E-state index in [-0.39, 0.29) is 41.4 Å². The zero-order valence-corrected chi connectivity index (χ0v) is 32.6. The molecule has 2 aliphatic heterocycles. The van der Waals surface area contributed by atoms with Gasteiger partial charge in [0.05, 0.1) is 12.0 Å². The predicted octanol–water partition coefficient (Wildman–Crippen LogP) is 9.13. The fourth-order valence-electron chi connectivity index (χ4n) is 6.33. The summed E-state index contributed by atoms with van der Waals surface area (Å²) >= 11 is 0. The highest BCUT2D eigenvalue weighted by Crippen LogP contribution is 2.48. The summed E-state index contributed by atoms with van der Waals surface area (Å²) in [6, 6.07) is 16.5. The van der Waals surface area contributed by atoms with Crippen LogP contribution >= 0.6 is 0 Å². The SMILES string of the molecule is CC(C)(C)C(=O)CN1/C(=C/C=C/C(=C/C=CC2=[N+](CC(=O)C(C)(C)C)c3ccccc3C2(C)C)NC(=O)C(C)(C)C)C(C)(C)c2ccccc21. The van der Waals surface area contributed by atoms with E-state index in [2.05, 4.69) is 78.9 Å². The minimum atomic E-state index is -0.595. The molecule has 2 aromatic rings. The van der Waals surface area contributed by atoms with Crippen molar-refractivity contribution < 1.29 is 19.0 Å². The molecular weight excluding hydrogens is 619 g/mol. The number of amides is 1. The summed E-state index contributed by atoms with van der Waals surface area (Å²) in [6.07, 6.45) is 11.8. The maximum Gasteiger partial charge on any atom is 0.229 e. The van der Waals surface area contributed by atoms with Crippen LogP contribution < -0.4 is 10.2 Å². The summed E-state index contributed by atoms with van der Waals surface area (Å²) in [5.41, 5.74) is 4.92. The third kappa shape index (κ3) is 8.01. The Labute approximate surface area is 300 Å². The lowest BCUT2D eigenvalue weighted by Crippen LogP contribution is -2.36. The van der Waals surface area contributed by atoms with Crippen LogP contribution in [0.2, 0.25) is 0 Å². The number of rotatable bonds is 9. The van der Waals surface area contributed by atoms with Gasteiger partial charge in [-0.3, -0.25) is 14.4 Å². The van der Waals surface area contributed by atoms with Gasteiger partial charge < -0.3 is 10.2 Å². The van der Waals surface area contributed by atoms with Crippen LogP contribution in [0.4, 0.5) is 11.4 Å². The van der Waals surface area contributed by atoms with Crippen molar-refractivity contribution in [3.05, 3.63) is 108 Å². The lowest BCUT2D eigenvalue weighted by Gasteiger charge is -2.29. The fourth-order valence-corrected chi connectivity index (χ4v) is 6.33. The number of hydrogen-bond donors (Lipinski definition) is 1. The second kappa shape index (κ2) is 13.8. The standard InChI is InChI=1S/C44H57N3O3/c1-40(2,3)37(48)28-46-33-24-16-14-22-31(33)43(10,11)35(46)26-18-20-30(45-39(50)42(7,8)9)21-19-27-36-44(12,13)32-23-15-17-25-34(32)47(36)29-38(49)41(4,5)6/h14-27H,28-29H2,1-13H3/p+1/b20-18+,35-26+. The molecule has 2 aliphatic rings. The number of ketones is 2. The molecule has 50 heavy (non-hydrogen) atoms. The summed E-state index contributed by atoms with van der Waals surface area (Å²) in [5.74, 6) is 0.227. The lowest BCUT2D eigenvalue weighted by molar-refractivity contribution is -0.426. The van der Waals surface area contributed by atoms with Crippen LogP contribution in [0.25, 0.3) is 0 Å². The number of benzene rings is 2. The molecule has 0 aliphatic carbocycles. The van der Waals surface area contributed by atoms with Gasteiger partial charge in [0.25, 0.3) is 0 Å². The highest BCUT2D eigenvalue weighted by atomic mass is 16.2. The first-order valence-electron chi connectivity index (χ1n) is 17.7. The number of nitrogens with zero attached hydrogens (tertiary/aromatic N) is 2. The second-order valence-electron chi connectivity index (χ2n) is 17.8. The number of fused-ring (bicyclic) bond motifs is 2. The molecule has 0 spiro atoms. The molecule has 0 unspecified atom stereocenters. The van der Waals surface area contributed by atoms with Crippen LogP contribution in [0, 0.1) is 16.2 Å². The Bertz CT molecular complexity index is 1830. The molecule has 266 valence electrons. The molecule has 1 amide bonds. The first kappa shape index (κ1) is 38.5. The van der Waals surface area contributed by atoms with Crippen LogP contribution in [-0.2, 0) is 25.2 Å². The number of hydrogen-bond acceptors (Lipinski definition) is 4. The summed E-state index contributed by atoms with van der Waals surface area (Å²) in [6.45, 7) is 26.7. The number of nitrogens with one attached hydrogen (secondary N) is 1. The monoisotopic (exact) mass is 676 g/mol. The number of allylic oxidation sites excluding steroid dienone is 7.